The molecule has 0 radical (unpaired) electrons. The van der Waals surface area contributed by atoms with Crippen molar-refractivity contribution < 1.29 is 89.4 Å². The van der Waals surface area contributed by atoms with Crippen molar-refractivity contribution in [1.82, 2.24) is 5.32 Å². The minimum Gasteiger partial charge on any atom is -0.394 e. The summed E-state index contributed by atoms with van der Waals surface area (Å²) in [6.45, 7) is 1.58. The summed E-state index contributed by atoms with van der Waals surface area (Å²) < 4.78 is 34.4. The largest absolute Gasteiger partial charge is 0.394 e. The Morgan fingerprint density at radius 1 is 0.385 bits per heavy atom. The summed E-state index contributed by atoms with van der Waals surface area (Å²) >= 11 is 0. The number of unbranched alkanes of at least 4 members (excludes halogenated alkanes) is 24. The van der Waals surface area contributed by atoms with Gasteiger partial charge in [-0.3, -0.25) is 4.79 Å². The summed E-state index contributed by atoms with van der Waals surface area (Å²) in [5.41, 5.74) is 0. The maximum atomic E-state index is 13.4. The predicted octanol–water partition coefficient (Wildman–Crippen LogP) is 11.0. The van der Waals surface area contributed by atoms with Gasteiger partial charge >= 0.3 is 0 Å². The van der Waals surface area contributed by atoms with Crippen molar-refractivity contribution in [3.05, 3.63) is 109 Å². The van der Waals surface area contributed by atoms with E-state index < -0.39 is 124 Å². The predicted molar refractivity (Wildman–Crippen MR) is 378 cm³/mol. The number of carbonyl (C=O) groups excluding carboxylic acids is 1. The average Bonchev–Trinajstić information content (AvgIpc) is 0.788. The van der Waals surface area contributed by atoms with E-state index >= 15 is 0 Å². The Balaban J connectivity index is 1.45. The summed E-state index contributed by atoms with van der Waals surface area (Å²) in [6.07, 6.45) is 50.7. The Kier molecular flexibility index (Phi) is 51.6. The molecular weight excluding hydrogens is 1230 g/mol. The van der Waals surface area contributed by atoms with E-state index in [9.17, 15) is 61.0 Å². The Morgan fingerprint density at radius 3 is 1.17 bits per heavy atom. The lowest BCUT2D eigenvalue weighted by Crippen LogP contribution is -2.66. The average molecular weight is 1360 g/mol. The molecule has 19 nitrogen and oxygen atoms in total. The van der Waals surface area contributed by atoms with Crippen LogP contribution in [0.2, 0.25) is 0 Å². The summed E-state index contributed by atoms with van der Waals surface area (Å²) in [7, 11) is 0. The SMILES string of the molecule is CC/C=C\C/C=C\C/C=C\C/C=C\C/C=C\C/C=C\C/C=C\CCCCCC(=O)NC(COC1OC(CO)C(OC2OC(CO)C(OC3OC(CO)C(O)C(O)C3O)C(O)C2O)C(O)C1O)C(O)/C=C/CC/C=C/CCCCCCCCCCCCCCCCCCCCCC. The van der Waals surface area contributed by atoms with Crippen LogP contribution in [0.5, 0.6) is 0 Å². The second-order valence-corrected chi connectivity index (χ2v) is 26.0. The van der Waals surface area contributed by atoms with E-state index in [1.54, 1.807) is 6.08 Å². The van der Waals surface area contributed by atoms with Crippen LogP contribution in [-0.2, 0) is 33.2 Å². The number of amides is 1. The van der Waals surface area contributed by atoms with E-state index in [1.165, 1.54) is 122 Å². The molecule has 3 saturated heterocycles. The molecule has 17 atom stereocenters. The molecule has 17 unspecified atom stereocenters. The molecule has 3 fully saturated rings. The summed E-state index contributed by atoms with van der Waals surface area (Å²) in [6, 6.07) is -1.02. The standard InChI is InChI=1S/C77H131NO18/c1-3-5-7-9-11-13-15-17-19-21-23-25-27-29-31-32-34-36-38-40-42-44-46-48-50-52-54-61(82)60(78-65(83)55-53-51-49-47-45-43-41-39-37-35-33-30-28-26-24-22-20-18-16-14-12-10-8-6-4-2)59-91-75-71(89)68(86)73(63(57-80)93-75)96-77-72(90)69(87)74(64(58-81)94-77)95-76-70(88)67(85)66(84)62(56-79)92-76/h6,8,12,14,18,20,24,26,30,33,37,39,43-46,52,54,60-64,66-77,79-82,84-90H,3-5,7,9-11,13,15-17,19,21-23,25,27-29,31-32,34-36,38,40-42,47-51,53,55-59H2,1-2H3,(H,78,83)/b8-6-,14-12-,20-18-,26-24-,33-30-,39-37-,45-43-,46-44+,54-52+. The molecule has 0 saturated carbocycles. The Labute approximate surface area is 576 Å². The molecule has 0 spiro atoms. The maximum Gasteiger partial charge on any atom is 0.220 e. The highest BCUT2D eigenvalue weighted by atomic mass is 16.8. The van der Waals surface area contributed by atoms with Gasteiger partial charge in [-0.05, 0) is 89.9 Å². The molecule has 552 valence electrons. The van der Waals surface area contributed by atoms with Gasteiger partial charge in [0.25, 0.3) is 0 Å². The highest BCUT2D eigenvalue weighted by molar-refractivity contribution is 5.76. The first-order chi connectivity index (χ1) is 46.8. The van der Waals surface area contributed by atoms with Gasteiger partial charge in [0, 0.05) is 6.42 Å². The molecule has 0 aromatic rings. The quantitative estimate of drug-likeness (QED) is 0.0199. The van der Waals surface area contributed by atoms with E-state index in [0.717, 1.165) is 83.5 Å². The Hall–Kier alpha value is -3.55. The third-order valence-corrected chi connectivity index (χ3v) is 17.8. The first-order valence-corrected chi connectivity index (χ1v) is 37.1. The van der Waals surface area contributed by atoms with Crippen LogP contribution in [-0.4, -0.2) is 193 Å². The van der Waals surface area contributed by atoms with Crippen molar-refractivity contribution in [2.75, 3.05) is 26.4 Å². The van der Waals surface area contributed by atoms with Crippen LogP contribution in [0.25, 0.3) is 0 Å². The lowest BCUT2D eigenvalue weighted by Gasteiger charge is -2.48. The molecule has 0 aromatic heterocycles. The number of carbonyl (C=O) groups is 1. The molecule has 96 heavy (non-hydrogen) atoms. The van der Waals surface area contributed by atoms with Gasteiger partial charge in [0.15, 0.2) is 18.9 Å². The first-order valence-electron chi connectivity index (χ1n) is 37.1. The zero-order valence-corrected chi connectivity index (χ0v) is 58.6. The molecule has 0 aromatic carbocycles. The number of rotatable bonds is 56. The highest BCUT2D eigenvalue weighted by Gasteiger charge is 2.53. The van der Waals surface area contributed by atoms with Crippen molar-refractivity contribution in [3.63, 3.8) is 0 Å². The third kappa shape index (κ3) is 37.8. The van der Waals surface area contributed by atoms with Gasteiger partial charge in [-0.2, -0.15) is 0 Å². The molecule has 3 aliphatic rings. The molecule has 3 heterocycles. The number of aliphatic hydroxyl groups excluding tert-OH is 11. The van der Waals surface area contributed by atoms with Crippen LogP contribution < -0.4 is 5.32 Å². The molecule has 0 aliphatic carbocycles. The summed E-state index contributed by atoms with van der Waals surface area (Å²) in [5, 5.41) is 121. The van der Waals surface area contributed by atoms with Crippen LogP contribution in [0.3, 0.4) is 0 Å². The van der Waals surface area contributed by atoms with Crippen molar-refractivity contribution >= 4 is 5.91 Å². The second kappa shape index (κ2) is 57.1. The minimum absolute atomic E-state index is 0.188. The number of nitrogens with one attached hydrogen (secondary N) is 1. The summed E-state index contributed by atoms with van der Waals surface area (Å²) in [5.74, 6) is -0.320. The molecule has 3 rings (SSSR count). The number of hydrogen-bond donors (Lipinski definition) is 12. The van der Waals surface area contributed by atoms with E-state index in [4.69, 9.17) is 28.4 Å². The fourth-order valence-electron chi connectivity index (χ4n) is 11.8. The maximum absolute atomic E-state index is 13.4. The molecule has 12 N–H and O–H groups in total. The molecule has 1 amide bonds. The minimum atomic E-state index is -1.99. The van der Waals surface area contributed by atoms with Crippen LogP contribution >= 0.6 is 0 Å². The van der Waals surface area contributed by atoms with Crippen LogP contribution in [0.4, 0.5) is 0 Å². The van der Waals surface area contributed by atoms with E-state index in [1.807, 2.05) is 6.08 Å². The number of aliphatic hydroxyl groups is 11. The van der Waals surface area contributed by atoms with Gasteiger partial charge in [-0.1, -0.05) is 252 Å². The van der Waals surface area contributed by atoms with Crippen molar-refractivity contribution in [2.24, 2.45) is 0 Å². The Bertz CT molecular complexity index is 2160. The van der Waals surface area contributed by atoms with Gasteiger partial charge in [0.2, 0.25) is 5.91 Å². The van der Waals surface area contributed by atoms with Gasteiger partial charge in [0.05, 0.1) is 38.6 Å². The first kappa shape index (κ1) is 86.7. The lowest BCUT2D eigenvalue weighted by atomic mass is 9.96. The number of hydrogen-bond acceptors (Lipinski definition) is 18. The second-order valence-electron chi connectivity index (χ2n) is 26.0. The van der Waals surface area contributed by atoms with Crippen molar-refractivity contribution in [1.29, 1.82) is 0 Å². The fraction of sp³-hybridized carbons (Fsp3) is 0.753. The fourth-order valence-corrected chi connectivity index (χ4v) is 11.8. The van der Waals surface area contributed by atoms with E-state index in [0.29, 0.717) is 12.8 Å². The zero-order chi connectivity index (χ0) is 69.6. The lowest BCUT2D eigenvalue weighted by molar-refractivity contribution is -0.379. The topological polar surface area (TPSA) is 307 Å². The zero-order valence-electron chi connectivity index (χ0n) is 58.6. The highest BCUT2D eigenvalue weighted by Crippen LogP contribution is 2.33. The summed E-state index contributed by atoms with van der Waals surface area (Å²) in [4.78, 5) is 13.4. The van der Waals surface area contributed by atoms with Gasteiger partial charge in [-0.25, -0.2) is 0 Å². The van der Waals surface area contributed by atoms with Crippen LogP contribution in [0, 0.1) is 0 Å². The van der Waals surface area contributed by atoms with E-state index in [-0.39, 0.29) is 18.9 Å². The Morgan fingerprint density at radius 2 is 0.729 bits per heavy atom. The van der Waals surface area contributed by atoms with E-state index in [2.05, 4.69) is 116 Å². The van der Waals surface area contributed by atoms with Crippen molar-refractivity contribution in [3.8, 4) is 0 Å². The number of allylic oxidation sites excluding steroid dienone is 17. The molecular formula is C77H131NO18. The van der Waals surface area contributed by atoms with Crippen LogP contribution in [0.15, 0.2) is 109 Å². The normalized spacial score (nSPS) is 27.7. The van der Waals surface area contributed by atoms with Gasteiger partial charge in [-0.15, -0.1) is 0 Å². The monoisotopic (exact) mass is 1360 g/mol. The molecule has 0 bridgehead atoms. The molecule has 19 heteroatoms. The van der Waals surface area contributed by atoms with Gasteiger partial charge in [0.1, 0.15) is 73.2 Å². The van der Waals surface area contributed by atoms with Gasteiger partial charge < -0.3 is 89.9 Å². The van der Waals surface area contributed by atoms with Crippen molar-refractivity contribution in [2.45, 2.75) is 343 Å². The third-order valence-electron chi connectivity index (χ3n) is 17.8. The smallest absolute Gasteiger partial charge is 0.220 e. The van der Waals surface area contributed by atoms with Crippen LogP contribution in [0.1, 0.15) is 239 Å². The number of ether oxygens (including phenoxy) is 6. The molecule has 3 aliphatic heterocycles.